The fourth-order valence-corrected chi connectivity index (χ4v) is 2.27. The van der Waals surface area contributed by atoms with Crippen molar-refractivity contribution in [2.45, 2.75) is 0 Å². The summed E-state index contributed by atoms with van der Waals surface area (Å²) in [6.07, 6.45) is 2.83. The Morgan fingerprint density at radius 3 is 2.78 bits per heavy atom. The highest BCUT2D eigenvalue weighted by Crippen LogP contribution is 2.23. The van der Waals surface area contributed by atoms with Crippen LogP contribution in [0.5, 0.6) is 0 Å². The number of carbonyl (C=O) groups excluding carboxylic acids is 1. The normalized spacial score (nSPS) is 10.7. The Morgan fingerprint density at radius 2 is 1.94 bits per heavy atom. The van der Waals surface area contributed by atoms with Crippen molar-refractivity contribution in [3.05, 3.63) is 65.3 Å². The number of hydrogen-bond donors (Lipinski definition) is 0. The van der Waals surface area contributed by atoms with Gasteiger partial charge in [-0.2, -0.15) is 0 Å². The average Bonchev–Trinajstić information content (AvgIpc) is 2.81. The van der Waals surface area contributed by atoms with Gasteiger partial charge in [0.2, 0.25) is 0 Å². The molecule has 0 atom stereocenters. The van der Waals surface area contributed by atoms with Gasteiger partial charge in [0.05, 0.1) is 5.52 Å². The number of benzene rings is 2. The molecule has 0 radical (unpaired) electrons. The number of fused-ring (bicyclic) bond motifs is 1. The second kappa shape index (κ2) is 4.31. The zero-order valence-electron chi connectivity index (χ0n) is 9.51. The lowest BCUT2D eigenvalue weighted by atomic mass is 10.2. The quantitative estimate of drug-likeness (QED) is 0.632. The minimum Gasteiger partial charge on any atom is -0.317 e. The van der Waals surface area contributed by atoms with Crippen LogP contribution in [0.15, 0.2) is 54.7 Å². The van der Waals surface area contributed by atoms with Gasteiger partial charge >= 0.3 is 0 Å². The van der Waals surface area contributed by atoms with Gasteiger partial charge in [-0.15, -0.1) is 0 Å². The number of carbonyl (C=O) groups is 1. The van der Waals surface area contributed by atoms with E-state index in [1.54, 1.807) is 6.07 Å². The summed E-state index contributed by atoms with van der Waals surface area (Å²) in [5.74, 6) is 0. The smallest absolute Gasteiger partial charge is 0.150 e. The molecule has 3 heteroatoms. The molecule has 1 aromatic heterocycles. The Balaban J connectivity index is 2.22. The van der Waals surface area contributed by atoms with Crippen LogP contribution < -0.4 is 0 Å². The van der Waals surface area contributed by atoms with Crippen molar-refractivity contribution in [1.29, 1.82) is 0 Å². The van der Waals surface area contributed by atoms with Gasteiger partial charge in [-0.25, -0.2) is 0 Å². The third-order valence-corrected chi connectivity index (χ3v) is 3.17. The predicted octanol–water partition coefficient (Wildman–Crippen LogP) is 4.10. The summed E-state index contributed by atoms with van der Waals surface area (Å²) in [6.45, 7) is 0. The van der Waals surface area contributed by atoms with Gasteiger partial charge in [0.1, 0.15) is 6.29 Å². The highest BCUT2D eigenvalue weighted by atomic mass is 35.5. The maximum Gasteiger partial charge on any atom is 0.150 e. The molecular formula is C15H10ClNO. The second-order valence-corrected chi connectivity index (χ2v) is 4.54. The molecule has 0 amide bonds. The average molecular weight is 256 g/mol. The number of halogens is 1. The maximum absolute atomic E-state index is 10.8. The molecule has 2 aromatic carbocycles. The Morgan fingerprint density at radius 1 is 1.06 bits per heavy atom. The van der Waals surface area contributed by atoms with Crippen LogP contribution in [0.1, 0.15) is 10.4 Å². The molecule has 2 nitrogen and oxygen atoms in total. The molecule has 0 bridgehead atoms. The highest BCUT2D eigenvalue weighted by molar-refractivity contribution is 6.31. The molecule has 0 aliphatic rings. The fourth-order valence-electron chi connectivity index (χ4n) is 2.09. The van der Waals surface area contributed by atoms with Crippen LogP contribution in [0.4, 0.5) is 0 Å². The van der Waals surface area contributed by atoms with Crippen LogP contribution in [0, 0.1) is 0 Å². The van der Waals surface area contributed by atoms with Crippen LogP contribution in [0.2, 0.25) is 5.02 Å². The summed E-state index contributed by atoms with van der Waals surface area (Å²) < 4.78 is 2.04. The summed E-state index contributed by atoms with van der Waals surface area (Å²) in [5, 5.41) is 1.81. The first-order valence-corrected chi connectivity index (χ1v) is 5.98. The van der Waals surface area contributed by atoms with Crippen molar-refractivity contribution in [3.8, 4) is 5.69 Å². The Labute approximate surface area is 109 Å². The molecule has 0 saturated carbocycles. The van der Waals surface area contributed by atoms with Gasteiger partial charge < -0.3 is 4.57 Å². The molecular weight excluding hydrogens is 246 g/mol. The summed E-state index contributed by atoms with van der Waals surface area (Å²) in [4.78, 5) is 10.8. The van der Waals surface area contributed by atoms with Crippen LogP contribution in [0.3, 0.4) is 0 Å². The third-order valence-electron chi connectivity index (χ3n) is 2.94. The molecule has 3 rings (SSSR count). The van der Waals surface area contributed by atoms with E-state index < -0.39 is 0 Å². The van der Waals surface area contributed by atoms with E-state index in [2.05, 4.69) is 0 Å². The van der Waals surface area contributed by atoms with Gasteiger partial charge in [0.15, 0.2) is 0 Å². The first-order chi connectivity index (χ1) is 8.78. The van der Waals surface area contributed by atoms with Gasteiger partial charge in [0, 0.05) is 27.9 Å². The molecule has 18 heavy (non-hydrogen) atoms. The maximum atomic E-state index is 10.8. The Kier molecular flexibility index (Phi) is 2.65. The number of aromatic nitrogens is 1. The number of aldehydes is 1. The van der Waals surface area contributed by atoms with E-state index in [0.717, 1.165) is 27.9 Å². The Hall–Kier alpha value is -2.06. The molecule has 0 spiro atoms. The standard InChI is InChI=1S/C15H10ClNO/c16-13-4-5-15-12(9-13)6-7-17(15)14-3-1-2-11(8-14)10-18/h1-10H. The van der Waals surface area contributed by atoms with Gasteiger partial charge in [0.25, 0.3) is 0 Å². The van der Waals surface area contributed by atoms with Crippen LogP contribution in [0.25, 0.3) is 16.6 Å². The molecule has 1 heterocycles. The lowest BCUT2D eigenvalue weighted by molar-refractivity contribution is 0.112. The van der Waals surface area contributed by atoms with Crippen molar-refractivity contribution in [2.75, 3.05) is 0 Å². The molecule has 0 unspecified atom stereocenters. The SMILES string of the molecule is O=Cc1cccc(-n2ccc3cc(Cl)ccc32)c1. The van der Waals surface area contributed by atoms with Crippen molar-refractivity contribution in [3.63, 3.8) is 0 Å². The van der Waals surface area contributed by atoms with E-state index in [1.807, 2.05) is 53.2 Å². The first kappa shape index (κ1) is 11.1. The molecule has 88 valence electrons. The third kappa shape index (κ3) is 1.81. The van der Waals surface area contributed by atoms with Gasteiger partial charge in [-0.1, -0.05) is 23.7 Å². The summed E-state index contributed by atoms with van der Waals surface area (Å²) in [6, 6.07) is 15.3. The molecule has 0 saturated heterocycles. The highest BCUT2D eigenvalue weighted by Gasteiger charge is 2.04. The van der Waals surface area contributed by atoms with Crippen LogP contribution in [-0.4, -0.2) is 10.9 Å². The topological polar surface area (TPSA) is 22.0 Å². The second-order valence-electron chi connectivity index (χ2n) is 4.10. The van der Waals surface area contributed by atoms with Crippen molar-refractivity contribution in [2.24, 2.45) is 0 Å². The first-order valence-electron chi connectivity index (χ1n) is 5.60. The number of nitrogens with zero attached hydrogens (tertiary/aromatic N) is 1. The van der Waals surface area contributed by atoms with E-state index in [4.69, 9.17) is 11.6 Å². The van der Waals surface area contributed by atoms with E-state index in [9.17, 15) is 4.79 Å². The lowest BCUT2D eigenvalue weighted by Gasteiger charge is -2.06. The molecule has 3 aromatic rings. The van der Waals surface area contributed by atoms with Crippen molar-refractivity contribution in [1.82, 2.24) is 4.57 Å². The summed E-state index contributed by atoms with van der Waals surface area (Å²) in [5.41, 5.74) is 2.71. The van der Waals surface area contributed by atoms with Crippen LogP contribution >= 0.6 is 11.6 Å². The minimum absolute atomic E-state index is 0.670. The van der Waals surface area contributed by atoms with Crippen LogP contribution in [-0.2, 0) is 0 Å². The van der Waals surface area contributed by atoms with E-state index in [1.165, 1.54) is 0 Å². The summed E-state index contributed by atoms with van der Waals surface area (Å²) >= 11 is 5.97. The lowest BCUT2D eigenvalue weighted by Crippen LogP contribution is -1.92. The molecule has 0 aliphatic carbocycles. The number of rotatable bonds is 2. The zero-order valence-corrected chi connectivity index (χ0v) is 10.3. The number of hydrogen-bond acceptors (Lipinski definition) is 1. The predicted molar refractivity (Wildman–Crippen MR) is 73.7 cm³/mol. The van der Waals surface area contributed by atoms with Gasteiger partial charge in [-0.3, -0.25) is 4.79 Å². The van der Waals surface area contributed by atoms with E-state index in [0.29, 0.717) is 5.56 Å². The van der Waals surface area contributed by atoms with Crippen molar-refractivity contribution >= 4 is 28.8 Å². The van der Waals surface area contributed by atoms with E-state index in [-0.39, 0.29) is 0 Å². The van der Waals surface area contributed by atoms with Gasteiger partial charge in [-0.05, 0) is 36.4 Å². The monoisotopic (exact) mass is 255 g/mol. The van der Waals surface area contributed by atoms with Crippen molar-refractivity contribution < 1.29 is 4.79 Å². The molecule has 0 N–H and O–H groups in total. The fraction of sp³-hybridized carbons (Fsp3) is 0. The summed E-state index contributed by atoms with van der Waals surface area (Å²) in [7, 11) is 0. The minimum atomic E-state index is 0.670. The molecule has 0 fully saturated rings. The largest absolute Gasteiger partial charge is 0.317 e. The molecule has 0 aliphatic heterocycles. The zero-order chi connectivity index (χ0) is 12.5. The van der Waals surface area contributed by atoms with E-state index >= 15 is 0 Å². The Bertz CT molecular complexity index is 730.